The van der Waals surface area contributed by atoms with Gasteiger partial charge in [-0.05, 0) is 48.9 Å². The maximum atomic E-state index is 15.1. The number of hydrogen-bond donors (Lipinski definition) is 2. The van der Waals surface area contributed by atoms with Crippen LogP contribution in [-0.4, -0.2) is 41.6 Å². The summed E-state index contributed by atoms with van der Waals surface area (Å²) >= 11 is 0. The third kappa shape index (κ3) is 4.25. The predicted octanol–water partition coefficient (Wildman–Crippen LogP) is 3.30. The van der Waals surface area contributed by atoms with Gasteiger partial charge in [-0.15, -0.1) is 5.53 Å². The molecule has 0 radical (unpaired) electrons. The standard InChI is InChI=1S/C24H26F2N4O3/c1-33-17-5-7-18(21(26)12-17)16-4-6-19(20(25)11-16)23-22(30(32)28-27-23)10-14-8-9-29(13-14)24(31)15-2-3-15/h4-7,11-12,14-15,23,27-28H,2-3,8-10,13H2,1H3/t14-,23?/m0/s1. The van der Waals surface area contributed by atoms with Gasteiger partial charge in [0.25, 0.3) is 0 Å². The molecule has 1 amide bonds. The van der Waals surface area contributed by atoms with E-state index in [0.717, 1.165) is 19.3 Å². The Balaban J connectivity index is 1.33. The number of hydrogen-bond acceptors (Lipinski definition) is 5. The highest BCUT2D eigenvalue weighted by Gasteiger charge is 2.40. The van der Waals surface area contributed by atoms with Crippen LogP contribution in [0.1, 0.15) is 37.3 Å². The molecule has 1 saturated heterocycles. The van der Waals surface area contributed by atoms with Crippen LogP contribution in [-0.2, 0) is 4.79 Å². The number of likely N-dealkylation sites (tertiary alicyclic amines) is 1. The molecule has 2 fully saturated rings. The van der Waals surface area contributed by atoms with Gasteiger partial charge in [-0.2, -0.15) is 5.43 Å². The fourth-order valence-electron chi connectivity index (χ4n) is 4.72. The van der Waals surface area contributed by atoms with Crippen molar-refractivity contribution in [3.05, 3.63) is 58.8 Å². The van der Waals surface area contributed by atoms with E-state index in [0.29, 0.717) is 46.9 Å². The van der Waals surface area contributed by atoms with Crippen LogP contribution in [0, 0.1) is 28.7 Å². The Labute approximate surface area is 190 Å². The number of methoxy groups -OCH3 is 1. The van der Waals surface area contributed by atoms with Crippen molar-refractivity contribution in [2.45, 2.75) is 31.7 Å². The predicted molar refractivity (Wildman–Crippen MR) is 118 cm³/mol. The first-order chi connectivity index (χ1) is 15.9. The third-order valence-electron chi connectivity index (χ3n) is 6.73. The molecule has 2 aromatic rings. The van der Waals surface area contributed by atoms with Crippen LogP contribution in [0.3, 0.4) is 0 Å². The molecule has 1 aliphatic carbocycles. The average Bonchev–Trinajstić information content (AvgIpc) is 3.46. The van der Waals surface area contributed by atoms with Gasteiger partial charge < -0.3 is 14.8 Å². The number of hydrazone groups is 1. The van der Waals surface area contributed by atoms with Crippen LogP contribution in [0.15, 0.2) is 36.4 Å². The molecule has 0 bridgehead atoms. The molecule has 7 nitrogen and oxygen atoms in total. The number of amides is 1. The lowest BCUT2D eigenvalue weighted by molar-refractivity contribution is -0.523. The summed E-state index contributed by atoms with van der Waals surface area (Å²) in [5, 5.41) is 12.4. The molecule has 2 atom stereocenters. The molecule has 2 heterocycles. The Morgan fingerprint density at radius 3 is 2.70 bits per heavy atom. The molecule has 2 N–H and O–H groups in total. The van der Waals surface area contributed by atoms with Gasteiger partial charge >= 0.3 is 0 Å². The molecular weight excluding hydrogens is 430 g/mol. The minimum absolute atomic E-state index is 0.152. The molecule has 2 aromatic carbocycles. The van der Waals surface area contributed by atoms with Crippen LogP contribution >= 0.6 is 0 Å². The maximum Gasteiger partial charge on any atom is 0.225 e. The lowest BCUT2D eigenvalue weighted by atomic mass is 9.92. The van der Waals surface area contributed by atoms with Crippen molar-refractivity contribution in [3.63, 3.8) is 0 Å². The number of carbonyl (C=O) groups excluding carboxylic acids is 1. The summed E-state index contributed by atoms with van der Waals surface area (Å²) in [7, 11) is 1.45. The Kier molecular flexibility index (Phi) is 5.65. The zero-order valence-corrected chi connectivity index (χ0v) is 18.3. The Bertz CT molecular complexity index is 1120. The monoisotopic (exact) mass is 456 g/mol. The van der Waals surface area contributed by atoms with Gasteiger partial charge in [-0.1, -0.05) is 17.0 Å². The van der Waals surface area contributed by atoms with Gasteiger partial charge in [-0.3, -0.25) is 4.79 Å². The zero-order valence-electron chi connectivity index (χ0n) is 18.3. The Morgan fingerprint density at radius 1 is 1.18 bits per heavy atom. The summed E-state index contributed by atoms with van der Waals surface area (Å²) in [5.41, 5.74) is 6.81. The molecule has 1 unspecified atom stereocenters. The van der Waals surface area contributed by atoms with Crippen LogP contribution in [0.5, 0.6) is 5.75 Å². The van der Waals surface area contributed by atoms with Crippen molar-refractivity contribution in [2.75, 3.05) is 20.2 Å². The van der Waals surface area contributed by atoms with E-state index in [2.05, 4.69) is 11.0 Å². The third-order valence-corrected chi connectivity index (χ3v) is 6.73. The molecule has 0 spiro atoms. The van der Waals surface area contributed by atoms with Gasteiger partial charge in [0.15, 0.2) is 0 Å². The van der Waals surface area contributed by atoms with E-state index in [1.165, 1.54) is 19.2 Å². The van der Waals surface area contributed by atoms with Crippen molar-refractivity contribution in [2.24, 2.45) is 11.8 Å². The Morgan fingerprint density at radius 2 is 2.00 bits per heavy atom. The Hall–Kier alpha value is -3.20. The van der Waals surface area contributed by atoms with Crippen LogP contribution in [0.2, 0.25) is 0 Å². The second-order valence-electron chi connectivity index (χ2n) is 8.97. The van der Waals surface area contributed by atoms with Gasteiger partial charge in [0.1, 0.15) is 23.4 Å². The van der Waals surface area contributed by atoms with Crippen molar-refractivity contribution in [1.82, 2.24) is 15.9 Å². The molecule has 174 valence electrons. The summed E-state index contributed by atoms with van der Waals surface area (Å²) in [5.74, 6) is -0.114. The summed E-state index contributed by atoms with van der Waals surface area (Å²) in [6, 6.07) is 8.26. The molecule has 1 saturated carbocycles. The van der Waals surface area contributed by atoms with Crippen molar-refractivity contribution < 1.29 is 23.2 Å². The fraction of sp³-hybridized carbons (Fsp3) is 0.417. The molecule has 3 aliphatic rings. The number of ether oxygens (including phenoxy) is 1. The normalized spacial score (nSPS) is 22.6. The summed E-state index contributed by atoms with van der Waals surface area (Å²) in [6.07, 6.45) is 3.21. The molecule has 5 rings (SSSR count). The number of nitrogens with one attached hydrogen (secondary N) is 2. The van der Waals surface area contributed by atoms with Crippen molar-refractivity contribution in [3.8, 4) is 16.9 Å². The van der Waals surface area contributed by atoms with Crippen LogP contribution in [0.4, 0.5) is 8.78 Å². The number of halogens is 2. The second-order valence-corrected chi connectivity index (χ2v) is 8.97. The summed E-state index contributed by atoms with van der Waals surface area (Å²) < 4.78 is 34.6. The van der Waals surface area contributed by atoms with E-state index < -0.39 is 17.7 Å². The highest BCUT2D eigenvalue weighted by atomic mass is 19.1. The van der Waals surface area contributed by atoms with E-state index in [4.69, 9.17) is 4.74 Å². The quantitative estimate of drug-likeness (QED) is 0.515. The largest absolute Gasteiger partial charge is 0.595 e. The molecule has 0 aromatic heterocycles. The van der Waals surface area contributed by atoms with Crippen molar-refractivity contribution >= 4 is 11.6 Å². The smallest absolute Gasteiger partial charge is 0.225 e. The minimum atomic E-state index is -0.648. The van der Waals surface area contributed by atoms with E-state index in [1.807, 2.05) is 4.90 Å². The lowest BCUT2D eigenvalue weighted by Gasteiger charge is -2.17. The SMILES string of the molecule is COc1ccc(-c2ccc(C3NN[N+]([O-])=C3C[C@@H]3CCN(C(=O)C4CC4)C3)c(F)c2)c(F)c1. The van der Waals surface area contributed by atoms with Gasteiger partial charge in [0.2, 0.25) is 11.6 Å². The topological polar surface area (TPSA) is 79.7 Å². The van der Waals surface area contributed by atoms with Crippen LogP contribution in [0.25, 0.3) is 11.1 Å². The van der Waals surface area contributed by atoms with Crippen molar-refractivity contribution in [1.29, 1.82) is 0 Å². The number of carbonyl (C=O) groups is 1. The molecular formula is C24H26F2N4O3. The first-order valence-corrected chi connectivity index (χ1v) is 11.2. The number of benzene rings is 2. The second kappa shape index (κ2) is 8.62. The average molecular weight is 456 g/mol. The number of hydrazine groups is 2. The van der Waals surface area contributed by atoms with E-state index in [1.54, 1.807) is 24.3 Å². The lowest BCUT2D eigenvalue weighted by Crippen LogP contribution is -2.31. The number of nitrogens with zero attached hydrogens (tertiary/aromatic N) is 2. The van der Waals surface area contributed by atoms with E-state index >= 15 is 4.39 Å². The minimum Gasteiger partial charge on any atom is -0.595 e. The summed E-state index contributed by atoms with van der Waals surface area (Å²) in [4.78, 5) is 14.9. The number of rotatable bonds is 6. The van der Waals surface area contributed by atoms with Gasteiger partial charge in [0.05, 0.1) is 7.11 Å². The van der Waals surface area contributed by atoms with E-state index in [9.17, 15) is 14.4 Å². The van der Waals surface area contributed by atoms with Gasteiger partial charge in [0, 0.05) is 42.6 Å². The first-order valence-electron chi connectivity index (χ1n) is 11.2. The van der Waals surface area contributed by atoms with E-state index in [-0.39, 0.29) is 23.3 Å². The zero-order chi connectivity index (χ0) is 23.1. The highest BCUT2D eigenvalue weighted by Crippen LogP contribution is 2.35. The summed E-state index contributed by atoms with van der Waals surface area (Å²) in [6.45, 7) is 1.33. The maximum absolute atomic E-state index is 15.1. The molecule has 2 aliphatic heterocycles. The molecule has 33 heavy (non-hydrogen) atoms. The van der Waals surface area contributed by atoms with Crippen LogP contribution < -0.4 is 15.7 Å². The fourth-order valence-corrected chi connectivity index (χ4v) is 4.72. The molecule has 9 heteroatoms. The highest BCUT2D eigenvalue weighted by molar-refractivity contribution is 5.88. The first kappa shape index (κ1) is 21.6. The van der Waals surface area contributed by atoms with Gasteiger partial charge in [-0.25, -0.2) is 8.78 Å².